The van der Waals surface area contributed by atoms with Crippen molar-refractivity contribution in [1.29, 1.82) is 0 Å². The van der Waals surface area contributed by atoms with Gasteiger partial charge in [0.25, 0.3) is 0 Å². The predicted molar refractivity (Wildman–Crippen MR) is 73.8 cm³/mol. The van der Waals surface area contributed by atoms with E-state index >= 15 is 0 Å². The van der Waals surface area contributed by atoms with Crippen LogP contribution in [0.5, 0.6) is 0 Å². The molecule has 0 saturated carbocycles. The van der Waals surface area contributed by atoms with Gasteiger partial charge >= 0.3 is 0 Å². The molecule has 1 rings (SSSR count). The van der Waals surface area contributed by atoms with Crippen LogP contribution in [0.3, 0.4) is 0 Å². The minimum Gasteiger partial charge on any atom is -0.309 e. The molecule has 0 fully saturated rings. The number of nitrogens with one attached hydrogen (secondary N) is 1. The van der Waals surface area contributed by atoms with Crippen molar-refractivity contribution in [2.75, 3.05) is 5.88 Å². The van der Waals surface area contributed by atoms with E-state index in [1.54, 1.807) is 4.68 Å². The van der Waals surface area contributed by atoms with Crippen LogP contribution in [-0.2, 0) is 13.6 Å². The monoisotopic (exact) mass is 277 g/mol. The normalized spacial score (nSPS) is 13.4. The van der Waals surface area contributed by atoms with Crippen LogP contribution in [0.15, 0.2) is 0 Å². The Hall–Kier alpha value is -0.250. The second kappa shape index (κ2) is 6.62. The summed E-state index contributed by atoms with van der Waals surface area (Å²) >= 11 is 12.1. The molecule has 3 nitrogen and oxygen atoms in total. The topological polar surface area (TPSA) is 29.9 Å². The first-order valence-electron chi connectivity index (χ1n) is 5.93. The highest BCUT2D eigenvalue weighted by Gasteiger charge is 2.14. The van der Waals surface area contributed by atoms with Gasteiger partial charge in [-0.25, -0.2) is 0 Å². The van der Waals surface area contributed by atoms with Crippen LogP contribution in [0.1, 0.15) is 31.5 Å². The van der Waals surface area contributed by atoms with E-state index in [0.717, 1.165) is 24.2 Å². The van der Waals surface area contributed by atoms with Crippen molar-refractivity contribution in [3.8, 4) is 0 Å². The smallest absolute Gasteiger partial charge is 0.131 e. The van der Waals surface area contributed by atoms with Crippen LogP contribution >= 0.6 is 23.2 Å². The highest BCUT2D eigenvalue weighted by molar-refractivity contribution is 6.30. The second-order valence-corrected chi connectivity index (χ2v) is 5.51. The lowest BCUT2D eigenvalue weighted by Gasteiger charge is -2.18. The zero-order chi connectivity index (χ0) is 13.0. The van der Waals surface area contributed by atoms with E-state index in [4.69, 9.17) is 23.2 Å². The molecule has 1 heterocycles. The quantitative estimate of drug-likeness (QED) is 0.810. The molecule has 0 saturated heterocycles. The number of nitrogens with zero attached hydrogens (tertiary/aromatic N) is 2. The third-order valence-electron chi connectivity index (χ3n) is 2.78. The van der Waals surface area contributed by atoms with Gasteiger partial charge in [-0.2, -0.15) is 5.10 Å². The number of aryl methyl sites for hydroxylation is 2. The van der Waals surface area contributed by atoms with Gasteiger partial charge < -0.3 is 5.32 Å². The Bertz CT molecular complexity index is 361. The number of alkyl halides is 1. The number of rotatable bonds is 6. The highest BCUT2D eigenvalue weighted by Crippen LogP contribution is 2.18. The molecule has 1 atom stereocenters. The maximum atomic E-state index is 6.17. The lowest BCUT2D eigenvalue weighted by atomic mass is 10.0. The molecule has 0 aliphatic rings. The van der Waals surface area contributed by atoms with E-state index in [9.17, 15) is 0 Å². The Morgan fingerprint density at radius 3 is 2.47 bits per heavy atom. The van der Waals surface area contributed by atoms with Crippen molar-refractivity contribution in [1.82, 2.24) is 15.1 Å². The van der Waals surface area contributed by atoms with Crippen LogP contribution < -0.4 is 5.32 Å². The number of hydrogen-bond donors (Lipinski definition) is 1. The second-order valence-electron chi connectivity index (χ2n) is 4.84. The zero-order valence-corrected chi connectivity index (χ0v) is 12.4. The van der Waals surface area contributed by atoms with Crippen LogP contribution in [0.25, 0.3) is 0 Å². The van der Waals surface area contributed by atoms with Crippen molar-refractivity contribution in [2.24, 2.45) is 13.0 Å². The molecule has 5 heteroatoms. The molecule has 0 radical (unpaired) electrons. The summed E-state index contributed by atoms with van der Waals surface area (Å²) in [4.78, 5) is 0. The standard InChI is InChI=1S/C12H21Cl2N3/c1-8(2)5-10(6-13)15-7-11-9(3)16-17(4)12(11)14/h8,10,15H,5-7H2,1-4H3. The lowest BCUT2D eigenvalue weighted by Crippen LogP contribution is -2.31. The van der Waals surface area contributed by atoms with Crippen LogP contribution in [0.2, 0.25) is 5.15 Å². The molecule has 1 aromatic rings. The van der Waals surface area contributed by atoms with E-state index in [1.165, 1.54) is 0 Å². The van der Waals surface area contributed by atoms with Crippen molar-refractivity contribution < 1.29 is 0 Å². The number of halogens is 2. The minimum absolute atomic E-state index is 0.326. The predicted octanol–water partition coefficient (Wildman–Crippen LogP) is 3.13. The SMILES string of the molecule is Cc1nn(C)c(Cl)c1CNC(CCl)CC(C)C. The van der Waals surface area contributed by atoms with Crippen LogP contribution in [0.4, 0.5) is 0 Å². The summed E-state index contributed by atoms with van der Waals surface area (Å²) in [6, 6.07) is 0.326. The van der Waals surface area contributed by atoms with Crippen LogP contribution in [0, 0.1) is 12.8 Å². The summed E-state index contributed by atoms with van der Waals surface area (Å²) in [7, 11) is 1.85. The van der Waals surface area contributed by atoms with Crippen molar-refractivity contribution in [3.05, 3.63) is 16.4 Å². The van der Waals surface area contributed by atoms with E-state index < -0.39 is 0 Å². The average Bonchev–Trinajstić information content (AvgIpc) is 2.49. The fourth-order valence-electron chi connectivity index (χ4n) is 1.89. The molecule has 0 aliphatic heterocycles. The van der Waals surface area contributed by atoms with Crippen molar-refractivity contribution in [2.45, 2.75) is 39.8 Å². The summed E-state index contributed by atoms with van der Waals surface area (Å²) in [6.07, 6.45) is 1.07. The molecule has 0 amide bonds. The van der Waals surface area contributed by atoms with Gasteiger partial charge in [0.15, 0.2) is 0 Å². The summed E-state index contributed by atoms with van der Waals surface area (Å²) in [5, 5.41) is 8.43. The summed E-state index contributed by atoms with van der Waals surface area (Å²) in [6.45, 7) is 7.09. The molecule has 0 aliphatic carbocycles. The molecule has 1 N–H and O–H groups in total. The zero-order valence-electron chi connectivity index (χ0n) is 10.9. The number of hydrogen-bond acceptors (Lipinski definition) is 2. The molecular weight excluding hydrogens is 257 g/mol. The molecule has 1 aromatic heterocycles. The van der Waals surface area contributed by atoms with E-state index in [-0.39, 0.29) is 0 Å². The summed E-state index contributed by atoms with van der Waals surface area (Å²) in [5.74, 6) is 1.26. The van der Waals surface area contributed by atoms with E-state index in [2.05, 4.69) is 24.3 Å². The number of aromatic nitrogens is 2. The Balaban J connectivity index is 2.59. The van der Waals surface area contributed by atoms with Gasteiger partial charge in [-0.15, -0.1) is 11.6 Å². The molecule has 0 spiro atoms. The summed E-state index contributed by atoms with van der Waals surface area (Å²) in [5.41, 5.74) is 2.04. The first kappa shape index (κ1) is 14.8. The largest absolute Gasteiger partial charge is 0.309 e. The summed E-state index contributed by atoms with van der Waals surface area (Å²) < 4.78 is 1.70. The Labute approximate surface area is 113 Å². The van der Waals surface area contributed by atoms with Gasteiger partial charge in [0.2, 0.25) is 0 Å². The third-order valence-corrected chi connectivity index (χ3v) is 3.62. The van der Waals surface area contributed by atoms with Gasteiger partial charge in [0.1, 0.15) is 5.15 Å². The molecule has 0 bridgehead atoms. The molecule has 1 unspecified atom stereocenters. The van der Waals surface area contributed by atoms with Gasteiger partial charge in [-0.3, -0.25) is 4.68 Å². The van der Waals surface area contributed by atoms with Crippen molar-refractivity contribution in [3.63, 3.8) is 0 Å². The lowest BCUT2D eigenvalue weighted by molar-refractivity contribution is 0.444. The molecule has 17 heavy (non-hydrogen) atoms. The molecule has 98 valence electrons. The molecule has 0 aromatic carbocycles. The fraction of sp³-hybridized carbons (Fsp3) is 0.750. The van der Waals surface area contributed by atoms with E-state index in [1.807, 2.05) is 14.0 Å². The van der Waals surface area contributed by atoms with Crippen LogP contribution in [-0.4, -0.2) is 21.7 Å². The Morgan fingerprint density at radius 2 is 2.06 bits per heavy atom. The first-order valence-corrected chi connectivity index (χ1v) is 6.84. The van der Waals surface area contributed by atoms with Crippen molar-refractivity contribution >= 4 is 23.2 Å². The maximum Gasteiger partial charge on any atom is 0.131 e. The highest BCUT2D eigenvalue weighted by atomic mass is 35.5. The third kappa shape index (κ3) is 4.16. The van der Waals surface area contributed by atoms with Gasteiger partial charge in [0, 0.05) is 31.1 Å². The average molecular weight is 278 g/mol. The minimum atomic E-state index is 0.326. The Morgan fingerprint density at radius 1 is 1.41 bits per heavy atom. The molecular formula is C12H21Cl2N3. The van der Waals surface area contributed by atoms with E-state index in [0.29, 0.717) is 23.0 Å². The van der Waals surface area contributed by atoms with Gasteiger partial charge in [-0.1, -0.05) is 25.4 Å². The first-order chi connectivity index (χ1) is 7.95. The fourth-order valence-corrected chi connectivity index (χ4v) is 2.37. The van der Waals surface area contributed by atoms with Gasteiger partial charge in [0.05, 0.1) is 5.69 Å². The van der Waals surface area contributed by atoms with Gasteiger partial charge in [-0.05, 0) is 19.3 Å². The maximum absolute atomic E-state index is 6.17. The Kier molecular flexibility index (Phi) is 5.77.